The average molecular weight is 198 g/mol. The van der Waals surface area contributed by atoms with Gasteiger partial charge in [0.05, 0.1) is 11.8 Å². The minimum Gasteiger partial charge on any atom is -0.379 e. The molecule has 1 aliphatic carbocycles. The smallest absolute Gasteiger partial charge is 0.161 e. The lowest BCUT2D eigenvalue weighted by atomic mass is 10.6. The first kappa shape index (κ1) is 8.49. The Morgan fingerprint density at radius 1 is 1.69 bits per heavy atom. The monoisotopic (exact) mass is 198 g/mol. The van der Waals surface area contributed by atoms with Gasteiger partial charge in [0.25, 0.3) is 0 Å². The highest BCUT2D eigenvalue weighted by atomic mass is 32.2. The fourth-order valence-corrected chi connectivity index (χ4v) is 1.53. The van der Waals surface area contributed by atoms with Crippen molar-refractivity contribution in [3.05, 3.63) is 5.82 Å². The molecule has 7 heteroatoms. The molecule has 0 atom stereocenters. The van der Waals surface area contributed by atoms with Gasteiger partial charge in [-0.05, 0) is 23.3 Å². The normalized spacial score (nSPS) is 16.0. The van der Waals surface area contributed by atoms with Crippen molar-refractivity contribution in [2.75, 3.05) is 0 Å². The van der Waals surface area contributed by atoms with Crippen molar-refractivity contribution in [2.24, 2.45) is 5.73 Å². The van der Waals surface area contributed by atoms with E-state index >= 15 is 0 Å². The summed E-state index contributed by atoms with van der Waals surface area (Å²) < 4.78 is 1.83. The Hall–Kier alpha value is -1.11. The van der Waals surface area contributed by atoms with E-state index in [9.17, 15) is 0 Å². The Balaban J connectivity index is 2.02. The molecule has 0 unspecified atom stereocenters. The first-order valence-electron chi connectivity index (χ1n) is 4.01. The van der Waals surface area contributed by atoms with Crippen LogP contribution in [-0.4, -0.2) is 25.4 Å². The van der Waals surface area contributed by atoms with Crippen LogP contribution < -0.4 is 5.73 Å². The molecule has 1 saturated carbocycles. The first-order valence-corrected chi connectivity index (χ1v) is 4.99. The highest BCUT2D eigenvalue weighted by Crippen LogP contribution is 2.34. The van der Waals surface area contributed by atoms with Crippen LogP contribution in [0, 0.1) is 5.41 Å². The van der Waals surface area contributed by atoms with Gasteiger partial charge < -0.3 is 5.73 Å². The topological polar surface area (TPSA) is 93.5 Å². The van der Waals surface area contributed by atoms with E-state index < -0.39 is 0 Å². The average Bonchev–Trinajstić information content (AvgIpc) is 2.82. The molecule has 0 radical (unpaired) electrons. The number of rotatable bonds is 3. The number of nitrogens with one attached hydrogen (secondary N) is 1. The number of amidine groups is 1. The maximum atomic E-state index is 7.05. The van der Waals surface area contributed by atoms with Crippen LogP contribution in [0.4, 0.5) is 0 Å². The summed E-state index contributed by atoms with van der Waals surface area (Å²) in [5, 5.41) is 18.5. The molecule has 0 spiro atoms. The summed E-state index contributed by atoms with van der Waals surface area (Å²) in [6.45, 7) is 0. The van der Waals surface area contributed by atoms with Gasteiger partial charge in [0.15, 0.2) is 11.0 Å². The molecule has 0 aliphatic heterocycles. The second kappa shape index (κ2) is 3.33. The van der Waals surface area contributed by atoms with Gasteiger partial charge in [0.2, 0.25) is 0 Å². The molecular formula is C6H10N6S. The Bertz CT molecular complexity index is 317. The fraction of sp³-hybridized carbons (Fsp3) is 0.667. The van der Waals surface area contributed by atoms with Crippen molar-refractivity contribution >= 4 is 16.9 Å². The predicted octanol–water partition coefficient (Wildman–Crippen LogP) is 0.135. The maximum absolute atomic E-state index is 7.05. The lowest BCUT2D eigenvalue weighted by Gasteiger charge is -2.00. The summed E-state index contributed by atoms with van der Waals surface area (Å²) in [6, 6.07) is 0.484. The number of aromatic nitrogens is 4. The molecule has 0 bridgehead atoms. The van der Waals surface area contributed by atoms with E-state index in [2.05, 4.69) is 15.5 Å². The zero-order chi connectivity index (χ0) is 9.26. The van der Waals surface area contributed by atoms with Gasteiger partial charge in [-0.15, -0.1) is 5.10 Å². The lowest BCUT2D eigenvalue weighted by Crippen LogP contribution is -2.07. The van der Waals surface area contributed by atoms with Gasteiger partial charge in [0.1, 0.15) is 0 Å². The third kappa shape index (κ3) is 1.97. The highest BCUT2D eigenvalue weighted by molar-refractivity contribution is 8.12. The second-order valence-electron chi connectivity index (χ2n) is 2.92. The Morgan fingerprint density at radius 3 is 3.08 bits per heavy atom. The summed E-state index contributed by atoms with van der Waals surface area (Å²) in [5.41, 5.74) is 5.22. The predicted molar refractivity (Wildman–Crippen MR) is 49.3 cm³/mol. The molecule has 1 aromatic rings. The third-order valence-electron chi connectivity index (χ3n) is 1.81. The van der Waals surface area contributed by atoms with Crippen LogP contribution in [0.25, 0.3) is 0 Å². The molecule has 0 amide bonds. The molecule has 0 aromatic carbocycles. The van der Waals surface area contributed by atoms with Gasteiger partial charge in [-0.2, -0.15) is 0 Å². The van der Waals surface area contributed by atoms with E-state index in [4.69, 9.17) is 11.1 Å². The molecule has 2 rings (SSSR count). The number of nitrogens with zero attached hydrogens (tertiary/aromatic N) is 4. The number of nitrogens with two attached hydrogens (primary N) is 1. The molecule has 1 heterocycles. The minimum absolute atomic E-state index is 0.102. The molecule has 6 nitrogen and oxygen atoms in total. The van der Waals surface area contributed by atoms with Gasteiger partial charge in [-0.1, -0.05) is 11.8 Å². The van der Waals surface area contributed by atoms with Gasteiger partial charge in [-0.3, -0.25) is 5.41 Å². The van der Waals surface area contributed by atoms with E-state index in [0.29, 0.717) is 11.8 Å². The van der Waals surface area contributed by atoms with Gasteiger partial charge in [0, 0.05) is 0 Å². The quantitative estimate of drug-likeness (QED) is 0.532. The van der Waals surface area contributed by atoms with Gasteiger partial charge >= 0.3 is 0 Å². The molecular weight excluding hydrogens is 188 g/mol. The number of tetrazole rings is 1. The van der Waals surface area contributed by atoms with E-state index in [1.54, 1.807) is 0 Å². The third-order valence-corrected chi connectivity index (χ3v) is 2.52. The second-order valence-corrected chi connectivity index (χ2v) is 3.94. The molecule has 70 valence electrons. The summed E-state index contributed by atoms with van der Waals surface area (Å²) in [4.78, 5) is 0. The molecule has 1 aliphatic rings. The molecule has 1 fully saturated rings. The summed E-state index contributed by atoms with van der Waals surface area (Å²) in [5.74, 6) is 1.39. The summed E-state index contributed by atoms with van der Waals surface area (Å²) in [7, 11) is 0. The fourth-order valence-electron chi connectivity index (χ4n) is 1.05. The molecule has 3 N–H and O–H groups in total. The van der Waals surface area contributed by atoms with Crippen molar-refractivity contribution in [3.8, 4) is 0 Å². The lowest BCUT2D eigenvalue weighted by molar-refractivity contribution is 0.593. The van der Waals surface area contributed by atoms with Crippen LogP contribution in [0.15, 0.2) is 0 Å². The van der Waals surface area contributed by atoms with Crippen LogP contribution in [0.1, 0.15) is 24.7 Å². The first-order chi connectivity index (χ1) is 6.27. The largest absolute Gasteiger partial charge is 0.379 e. The Morgan fingerprint density at radius 2 is 2.46 bits per heavy atom. The minimum atomic E-state index is 0.102. The standard InChI is InChI=1S/C6H10N6S/c7-6(8)13-3-5-9-10-11-12(5)4-1-2-4/h4H,1-3H2,(H3,7,8). The van der Waals surface area contributed by atoms with Crippen LogP contribution in [-0.2, 0) is 5.75 Å². The molecule has 13 heavy (non-hydrogen) atoms. The Labute approximate surface area is 79.4 Å². The van der Waals surface area contributed by atoms with Crippen LogP contribution in [0.5, 0.6) is 0 Å². The highest BCUT2D eigenvalue weighted by Gasteiger charge is 2.27. The molecule has 0 saturated heterocycles. The van der Waals surface area contributed by atoms with Crippen LogP contribution in [0.3, 0.4) is 0 Å². The van der Waals surface area contributed by atoms with Crippen molar-refractivity contribution in [1.29, 1.82) is 5.41 Å². The van der Waals surface area contributed by atoms with E-state index in [1.165, 1.54) is 11.8 Å². The zero-order valence-corrected chi connectivity index (χ0v) is 7.79. The van der Waals surface area contributed by atoms with E-state index in [0.717, 1.165) is 18.7 Å². The molecule has 1 aromatic heterocycles. The maximum Gasteiger partial charge on any atom is 0.161 e. The van der Waals surface area contributed by atoms with E-state index in [-0.39, 0.29) is 5.17 Å². The van der Waals surface area contributed by atoms with Crippen LogP contribution >= 0.6 is 11.8 Å². The zero-order valence-electron chi connectivity index (χ0n) is 6.97. The summed E-state index contributed by atoms with van der Waals surface area (Å²) in [6.07, 6.45) is 2.31. The SMILES string of the molecule is N=C(N)SCc1nnnn1C1CC1. The number of hydrogen-bond donors (Lipinski definition) is 2. The van der Waals surface area contributed by atoms with Crippen LogP contribution in [0.2, 0.25) is 0 Å². The van der Waals surface area contributed by atoms with Crippen molar-refractivity contribution in [1.82, 2.24) is 20.2 Å². The van der Waals surface area contributed by atoms with Crippen molar-refractivity contribution in [3.63, 3.8) is 0 Å². The van der Waals surface area contributed by atoms with Gasteiger partial charge in [-0.25, -0.2) is 4.68 Å². The Kier molecular flexibility index (Phi) is 2.17. The number of hydrogen-bond acceptors (Lipinski definition) is 5. The van der Waals surface area contributed by atoms with E-state index in [1.807, 2.05) is 4.68 Å². The van der Waals surface area contributed by atoms with Crippen molar-refractivity contribution in [2.45, 2.75) is 24.6 Å². The summed E-state index contributed by atoms with van der Waals surface area (Å²) >= 11 is 1.25. The number of thioether (sulfide) groups is 1. The van der Waals surface area contributed by atoms with Crippen molar-refractivity contribution < 1.29 is 0 Å².